The van der Waals surface area contributed by atoms with Gasteiger partial charge in [0.25, 0.3) is 0 Å². The topological polar surface area (TPSA) is 17.1 Å². The van der Waals surface area contributed by atoms with E-state index < -0.39 is 0 Å². The highest BCUT2D eigenvalue weighted by atomic mass is 16.1. The highest BCUT2D eigenvalue weighted by Gasteiger charge is 2.21. The fourth-order valence-electron chi connectivity index (χ4n) is 2.86. The van der Waals surface area contributed by atoms with Crippen molar-refractivity contribution in [2.75, 3.05) is 0 Å². The predicted octanol–water partition coefficient (Wildman–Crippen LogP) is 4.37. The molecule has 0 aromatic heterocycles. The summed E-state index contributed by atoms with van der Waals surface area (Å²) in [6.07, 6.45) is 2.90. The molecule has 0 amide bonds. The van der Waals surface area contributed by atoms with Crippen LogP contribution < -0.4 is 5.46 Å². The number of allylic oxidation sites excluding steroid dienone is 2. The Bertz CT molecular complexity index is 510. The summed E-state index contributed by atoms with van der Waals surface area (Å²) in [6.45, 7) is 13.1. The largest absolute Gasteiger partial charge is 0.294 e. The molecule has 1 nitrogen and oxygen atoms in total. The van der Waals surface area contributed by atoms with E-state index in [2.05, 4.69) is 39.0 Å². The van der Waals surface area contributed by atoms with E-state index in [1.807, 2.05) is 20.8 Å². The van der Waals surface area contributed by atoms with Gasteiger partial charge in [-0.3, -0.25) is 4.79 Å². The molecule has 2 rings (SSSR count). The standard InChI is InChI=1S/C16H21BO.C2H6/c1-5-17(6-2)14-7-8-15-11(3)12(4)16(18)10-13(15)9-14;1-2/h7-9H,5-6,10H2,1-4H3;1-2H3. The molecule has 1 aromatic carbocycles. The van der Waals surface area contributed by atoms with Crippen LogP contribution in [-0.4, -0.2) is 12.5 Å². The smallest absolute Gasteiger partial charge is 0.175 e. The minimum Gasteiger partial charge on any atom is -0.294 e. The third-order valence-electron chi connectivity index (χ3n) is 4.32. The minimum absolute atomic E-state index is 0.279. The zero-order valence-electron chi connectivity index (χ0n) is 13.8. The zero-order chi connectivity index (χ0) is 15.3. The Kier molecular flexibility index (Phi) is 6.26. The van der Waals surface area contributed by atoms with Crippen molar-refractivity contribution in [3.63, 3.8) is 0 Å². The predicted molar refractivity (Wildman–Crippen MR) is 91.1 cm³/mol. The lowest BCUT2D eigenvalue weighted by Gasteiger charge is -2.20. The molecule has 0 radical (unpaired) electrons. The number of Topliss-reactive ketones (excluding diaryl/α,β-unsaturated/α-hetero) is 1. The molecule has 1 aromatic rings. The normalized spacial score (nSPS) is 13.6. The molecule has 1 aliphatic carbocycles. The van der Waals surface area contributed by atoms with Crippen molar-refractivity contribution in [1.29, 1.82) is 0 Å². The van der Waals surface area contributed by atoms with Crippen molar-refractivity contribution < 1.29 is 4.79 Å². The van der Waals surface area contributed by atoms with Crippen molar-refractivity contribution in [3.05, 3.63) is 34.9 Å². The second-order valence-electron chi connectivity index (χ2n) is 5.28. The summed E-state index contributed by atoms with van der Waals surface area (Å²) < 4.78 is 0. The van der Waals surface area contributed by atoms with Crippen LogP contribution in [0.4, 0.5) is 0 Å². The zero-order valence-corrected chi connectivity index (χ0v) is 13.8. The molecule has 108 valence electrons. The second-order valence-corrected chi connectivity index (χ2v) is 5.28. The molecule has 0 unspecified atom stereocenters. The molecule has 0 atom stereocenters. The van der Waals surface area contributed by atoms with Gasteiger partial charge in [0.2, 0.25) is 0 Å². The summed E-state index contributed by atoms with van der Waals surface area (Å²) in [4.78, 5) is 11.9. The van der Waals surface area contributed by atoms with Gasteiger partial charge in [0.1, 0.15) is 0 Å². The van der Waals surface area contributed by atoms with Crippen LogP contribution in [-0.2, 0) is 11.2 Å². The molecule has 0 saturated carbocycles. The fraction of sp³-hybridized carbons (Fsp3) is 0.500. The van der Waals surface area contributed by atoms with Crippen LogP contribution in [0.3, 0.4) is 0 Å². The van der Waals surface area contributed by atoms with Gasteiger partial charge in [-0.15, -0.1) is 0 Å². The van der Waals surface area contributed by atoms with Crippen LogP contribution in [0.15, 0.2) is 23.8 Å². The number of rotatable bonds is 3. The molecule has 1 aliphatic rings. The maximum absolute atomic E-state index is 11.9. The van der Waals surface area contributed by atoms with E-state index in [-0.39, 0.29) is 5.78 Å². The van der Waals surface area contributed by atoms with E-state index in [0.717, 1.165) is 23.8 Å². The lowest BCUT2D eigenvalue weighted by Crippen LogP contribution is -2.29. The van der Waals surface area contributed by atoms with Crippen molar-refractivity contribution in [3.8, 4) is 0 Å². The van der Waals surface area contributed by atoms with Gasteiger partial charge >= 0.3 is 0 Å². The van der Waals surface area contributed by atoms with Crippen molar-refractivity contribution in [2.24, 2.45) is 0 Å². The number of hydrogen-bond acceptors (Lipinski definition) is 1. The summed E-state index contributed by atoms with van der Waals surface area (Å²) in [5, 5.41) is 0. The lowest BCUT2D eigenvalue weighted by molar-refractivity contribution is -0.115. The first-order valence-corrected chi connectivity index (χ1v) is 7.92. The lowest BCUT2D eigenvalue weighted by atomic mass is 9.41. The third-order valence-corrected chi connectivity index (χ3v) is 4.32. The number of benzene rings is 1. The van der Waals surface area contributed by atoms with Gasteiger partial charge in [-0.1, -0.05) is 64.0 Å². The highest BCUT2D eigenvalue weighted by Crippen LogP contribution is 2.28. The van der Waals surface area contributed by atoms with Crippen molar-refractivity contribution in [1.82, 2.24) is 0 Å². The summed E-state index contributed by atoms with van der Waals surface area (Å²) in [7, 11) is 0. The molecule has 0 heterocycles. The van der Waals surface area contributed by atoms with E-state index in [9.17, 15) is 4.79 Å². The summed E-state index contributed by atoms with van der Waals surface area (Å²) in [5.41, 5.74) is 5.95. The van der Waals surface area contributed by atoms with Crippen LogP contribution >= 0.6 is 0 Å². The molecule has 2 heteroatoms. The number of fused-ring (bicyclic) bond motifs is 1. The molecule has 0 bridgehead atoms. The van der Waals surface area contributed by atoms with Crippen molar-refractivity contribution in [2.45, 2.75) is 60.6 Å². The quantitative estimate of drug-likeness (QED) is 0.745. The number of carbonyl (C=O) groups excluding carboxylic acids is 1. The SMILES string of the molecule is CC.CCB(CC)c1ccc2c(c1)CC(=O)C(C)=C2C. The molecular formula is C18H27BO. The molecular weight excluding hydrogens is 243 g/mol. The Morgan fingerprint density at radius 3 is 2.20 bits per heavy atom. The number of ketones is 1. The number of hydrogen-bond donors (Lipinski definition) is 0. The second kappa shape index (κ2) is 7.47. The first-order valence-electron chi connectivity index (χ1n) is 7.92. The average Bonchev–Trinajstić information content (AvgIpc) is 2.48. The Balaban J connectivity index is 0.000000956. The summed E-state index contributed by atoms with van der Waals surface area (Å²) in [6, 6.07) is 6.69. The number of carbonyl (C=O) groups is 1. The molecule has 0 spiro atoms. The monoisotopic (exact) mass is 270 g/mol. The Morgan fingerprint density at radius 2 is 1.65 bits per heavy atom. The fourth-order valence-corrected chi connectivity index (χ4v) is 2.86. The van der Waals surface area contributed by atoms with Gasteiger partial charge in [-0.25, -0.2) is 0 Å². The Labute approximate surface area is 124 Å². The van der Waals surface area contributed by atoms with E-state index in [0.29, 0.717) is 13.1 Å². The maximum atomic E-state index is 11.9. The Morgan fingerprint density at radius 1 is 1.05 bits per heavy atom. The summed E-state index contributed by atoms with van der Waals surface area (Å²) >= 11 is 0. The van der Waals surface area contributed by atoms with E-state index in [4.69, 9.17) is 0 Å². The first-order chi connectivity index (χ1) is 9.58. The van der Waals surface area contributed by atoms with E-state index in [1.54, 1.807) is 0 Å². The summed E-state index contributed by atoms with van der Waals surface area (Å²) in [5.74, 6) is 0.279. The van der Waals surface area contributed by atoms with Gasteiger partial charge in [-0.2, -0.15) is 0 Å². The van der Waals surface area contributed by atoms with E-state index in [1.165, 1.54) is 16.6 Å². The minimum atomic E-state index is 0.279. The Hall–Kier alpha value is -1.31. The highest BCUT2D eigenvalue weighted by molar-refractivity contribution is 6.73. The van der Waals surface area contributed by atoms with Crippen LogP contribution in [0.1, 0.15) is 52.7 Å². The molecule has 0 aliphatic heterocycles. The van der Waals surface area contributed by atoms with Gasteiger partial charge < -0.3 is 0 Å². The van der Waals surface area contributed by atoms with Crippen molar-refractivity contribution >= 4 is 23.5 Å². The van der Waals surface area contributed by atoms with Gasteiger partial charge in [0.05, 0.1) is 0 Å². The third kappa shape index (κ3) is 3.23. The van der Waals surface area contributed by atoms with Gasteiger partial charge in [-0.05, 0) is 36.1 Å². The molecule has 0 saturated heterocycles. The molecule has 0 N–H and O–H groups in total. The van der Waals surface area contributed by atoms with Gasteiger partial charge in [0, 0.05) is 6.42 Å². The van der Waals surface area contributed by atoms with Crippen LogP contribution in [0.5, 0.6) is 0 Å². The van der Waals surface area contributed by atoms with Crippen LogP contribution in [0, 0.1) is 0 Å². The van der Waals surface area contributed by atoms with Crippen LogP contribution in [0.25, 0.3) is 5.57 Å². The van der Waals surface area contributed by atoms with Gasteiger partial charge in [0.15, 0.2) is 12.5 Å². The van der Waals surface area contributed by atoms with Crippen LogP contribution in [0.2, 0.25) is 12.6 Å². The maximum Gasteiger partial charge on any atom is 0.175 e. The van der Waals surface area contributed by atoms with E-state index >= 15 is 0 Å². The first kappa shape index (κ1) is 16.7. The molecule has 0 fully saturated rings. The molecule has 20 heavy (non-hydrogen) atoms. The average molecular weight is 270 g/mol.